The monoisotopic (exact) mass is 684 g/mol. The number of thioether (sulfide) groups is 1. The van der Waals surface area contributed by atoms with Crippen LogP contribution in [0.1, 0.15) is 54.7 Å². The van der Waals surface area contributed by atoms with Crippen LogP contribution in [0.25, 0.3) is 11.2 Å². The number of rotatable bonds is 14. The number of nitrogen functional groups attached to an aromatic ring is 1. The van der Waals surface area contributed by atoms with Gasteiger partial charge in [-0.15, -0.1) is 0 Å². The number of nitrogens with one attached hydrogen (secondary N) is 1. The van der Waals surface area contributed by atoms with Crippen LogP contribution in [0.4, 0.5) is 10.3 Å². The van der Waals surface area contributed by atoms with Gasteiger partial charge < -0.3 is 25.1 Å². The average Bonchev–Trinajstić information content (AvgIpc) is 3.42. The van der Waals surface area contributed by atoms with Gasteiger partial charge in [0.05, 0.1) is 32.3 Å². The summed E-state index contributed by atoms with van der Waals surface area (Å²) in [6.07, 6.45) is -4.42. The number of carbonyl (C=O) groups excluding carboxylic acids is 2. The molecule has 0 aromatic carbocycles. The van der Waals surface area contributed by atoms with Gasteiger partial charge in [0.15, 0.2) is 22.5 Å². The van der Waals surface area contributed by atoms with E-state index in [4.69, 9.17) is 40.6 Å². The number of hydrogen-bond acceptors (Lipinski definition) is 14. The Hall–Kier alpha value is -2.11. The minimum absolute atomic E-state index is 0.0258. The zero-order valence-electron chi connectivity index (χ0n) is 25.5. The molecule has 3 heterocycles. The molecular formula is C25H39ClFN6O9PS. The number of halogens is 2. The van der Waals surface area contributed by atoms with E-state index in [2.05, 4.69) is 20.0 Å². The number of imidazole rings is 1. The Morgan fingerprint density at radius 2 is 2.00 bits per heavy atom. The number of aromatic nitrogens is 4. The summed E-state index contributed by atoms with van der Waals surface area (Å²) in [5, 5.41) is 10.2. The Balaban J connectivity index is 1.78. The maximum absolute atomic E-state index is 15.8. The molecule has 19 heteroatoms. The molecule has 0 unspecified atom stereocenters. The van der Waals surface area contributed by atoms with Crippen molar-refractivity contribution in [1.29, 1.82) is 0 Å². The molecule has 0 radical (unpaired) electrons. The van der Waals surface area contributed by atoms with Crippen molar-refractivity contribution in [2.75, 3.05) is 31.3 Å². The second-order valence-electron chi connectivity index (χ2n) is 11.1. The minimum atomic E-state index is -4.34. The number of aliphatic hydroxyl groups is 1. The van der Waals surface area contributed by atoms with Crippen LogP contribution >= 0.6 is 31.1 Å². The second kappa shape index (κ2) is 14.5. The first kappa shape index (κ1) is 36.4. The quantitative estimate of drug-likeness (QED) is 0.113. The van der Waals surface area contributed by atoms with Gasteiger partial charge >= 0.3 is 13.7 Å². The lowest BCUT2D eigenvalue weighted by atomic mass is 10.00. The van der Waals surface area contributed by atoms with Crippen LogP contribution in [0.5, 0.6) is 5.88 Å². The summed E-state index contributed by atoms with van der Waals surface area (Å²) in [6.45, 7) is 11.0. The summed E-state index contributed by atoms with van der Waals surface area (Å²) in [5.74, 6) is -0.733. The van der Waals surface area contributed by atoms with Gasteiger partial charge in [-0.25, -0.2) is 19.0 Å². The Morgan fingerprint density at radius 3 is 2.61 bits per heavy atom. The van der Waals surface area contributed by atoms with E-state index < -0.39 is 61.4 Å². The number of nitrogens with zero attached hydrogens (tertiary/aromatic N) is 4. The van der Waals surface area contributed by atoms with Crippen LogP contribution in [0.2, 0.25) is 0 Å². The number of hydrogen-bond donors (Lipinski definition) is 3. The number of anilines is 1. The van der Waals surface area contributed by atoms with Crippen molar-refractivity contribution >= 4 is 59.3 Å². The highest BCUT2D eigenvalue weighted by Gasteiger charge is 2.58. The van der Waals surface area contributed by atoms with Gasteiger partial charge in [0, 0.05) is 11.2 Å². The molecule has 0 spiro atoms. The van der Waals surface area contributed by atoms with Crippen LogP contribution in [0.3, 0.4) is 0 Å². The van der Waals surface area contributed by atoms with Crippen molar-refractivity contribution in [2.24, 2.45) is 5.41 Å². The zero-order chi connectivity index (χ0) is 33.0. The molecular weight excluding hydrogens is 646 g/mol. The number of aliphatic hydroxyl groups excluding tert-OH is 1. The SMILES string of the molecule is CCOc1nc(N)nc2c1ncn2[C@@H]1O[C@H](CO[P@@](=O)(N[C@H](C)C(=O)OC(C)C)OCCSC(=O)C(C)(C)C)[C@@H](O)[C@]1(F)Cl. The fourth-order valence-corrected chi connectivity index (χ4v) is 6.52. The van der Waals surface area contributed by atoms with E-state index in [9.17, 15) is 19.3 Å². The lowest BCUT2D eigenvalue weighted by molar-refractivity contribution is -0.149. The third-order valence-corrected chi connectivity index (χ3v) is 9.35. The topological polar surface area (TPSA) is 199 Å². The standard InChI is InChI=1S/C25H39ClFN6O9PS/c1-8-38-19-16-18(30-23(28)31-19)33(12-29-16)21-25(26,27)17(34)15(42-21)11-40-43(37,32-14(4)20(35)41-13(2)3)39-9-10-44-22(36)24(5,6)7/h12-15,17,21,34H,8-11H2,1-7H3,(H,32,37)(H2,28,30,31)/t14-,15-,17-,21-,25-,43-/m1/s1. The summed E-state index contributed by atoms with van der Waals surface area (Å²) in [5.41, 5.74) is 5.36. The normalized spacial score (nSPS) is 24.4. The van der Waals surface area contributed by atoms with E-state index in [1.165, 1.54) is 13.3 Å². The van der Waals surface area contributed by atoms with Gasteiger partial charge in [-0.3, -0.25) is 23.2 Å². The molecule has 0 saturated carbocycles. The highest BCUT2D eigenvalue weighted by Crippen LogP contribution is 2.49. The first-order valence-electron chi connectivity index (χ1n) is 13.8. The van der Waals surface area contributed by atoms with E-state index >= 15 is 4.39 Å². The number of ether oxygens (including phenoxy) is 3. The van der Waals surface area contributed by atoms with Crippen LogP contribution in [-0.4, -0.2) is 90.8 Å². The Kier molecular flexibility index (Phi) is 12.0. The van der Waals surface area contributed by atoms with Crippen molar-refractivity contribution in [1.82, 2.24) is 24.6 Å². The van der Waals surface area contributed by atoms with E-state index in [0.717, 1.165) is 16.3 Å². The molecule has 248 valence electrons. The molecule has 15 nitrogen and oxygen atoms in total. The molecule has 2 aromatic heterocycles. The predicted octanol–water partition coefficient (Wildman–Crippen LogP) is 3.35. The molecule has 1 aliphatic rings. The molecule has 4 N–H and O–H groups in total. The summed E-state index contributed by atoms with van der Waals surface area (Å²) in [4.78, 5) is 36.9. The van der Waals surface area contributed by atoms with E-state index in [1.54, 1.807) is 41.5 Å². The third kappa shape index (κ3) is 8.78. The summed E-state index contributed by atoms with van der Waals surface area (Å²) in [6, 6.07) is -1.15. The number of fused-ring (bicyclic) bond motifs is 1. The highest BCUT2D eigenvalue weighted by molar-refractivity contribution is 8.13. The molecule has 0 aliphatic carbocycles. The third-order valence-electron chi connectivity index (χ3n) is 5.98. The van der Waals surface area contributed by atoms with Crippen molar-refractivity contribution in [3.8, 4) is 5.88 Å². The molecule has 0 amide bonds. The lowest BCUT2D eigenvalue weighted by Gasteiger charge is -2.25. The van der Waals surface area contributed by atoms with E-state index in [1.807, 2.05) is 0 Å². The maximum atomic E-state index is 15.8. The highest BCUT2D eigenvalue weighted by atomic mass is 35.5. The first-order valence-corrected chi connectivity index (χ1v) is 16.7. The van der Waals surface area contributed by atoms with Crippen LogP contribution in [0, 0.1) is 5.41 Å². The van der Waals surface area contributed by atoms with E-state index in [0.29, 0.717) is 0 Å². The zero-order valence-corrected chi connectivity index (χ0v) is 28.0. The van der Waals surface area contributed by atoms with Crippen LogP contribution in [0.15, 0.2) is 6.33 Å². The summed E-state index contributed by atoms with van der Waals surface area (Å²) >= 11 is 7.12. The summed E-state index contributed by atoms with van der Waals surface area (Å²) in [7, 11) is -4.34. The van der Waals surface area contributed by atoms with Crippen LogP contribution < -0.4 is 15.6 Å². The molecule has 0 bridgehead atoms. The Morgan fingerprint density at radius 1 is 1.32 bits per heavy atom. The van der Waals surface area contributed by atoms with Crippen molar-refractivity contribution in [2.45, 2.75) is 84.2 Å². The predicted molar refractivity (Wildman–Crippen MR) is 161 cm³/mol. The number of alkyl halides is 2. The average molecular weight is 685 g/mol. The van der Waals surface area contributed by atoms with Crippen molar-refractivity contribution in [3.05, 3.63) is 6.33 Å². The minimum Gasteiger partial charge on any atom is -0.476 e. The van der Waals surface area contributed by atoms with Gasteiger partial charge in [0.2, 0.25) is 11.8 Å². The number of nitrogens with two attached hydrogens (primary N) is 1. The summed E-state index contributed by atoms with van der Waals surface area (Å²) < 4.78 is 58.0. The lowest BCUT2D eigenvalue weighted by Crippen LogP contribution is -2.39. The Labute approximate surface area is 263 Å². The van der Waals surface area contributed by atoms with Crippen molar-refractivity contribution in [3.63, 3.8) is 0 Å². The molecule has 6 atom stereocenters. The Bertz CT molecular complexity index is 1380. The van der Waals surface area contributed by atoms with Crippen molar-refractivity contribution < 1.29 is 46.9 Å². The van der Waals surface area contributed by atoms with Crippen LogP contribution in [-0.2, 0) is 32.7 Å². The van der Waals surface area contributed by atoms with Gasteiger partial charge in [-0.2, -0.15) is 9.97 Å². The van der Waals surface area contributed by atoms with Gasteiger partial charge in [0.1, 0.15) is 18.2 Å². The number of carbonyl (C=O) groups is 2. The first-order chi connectivity index (χ1) is 20.4. The smallest absolute Gasteiger partial charge is 0.406 e. The van der Waals surface area contributed by atoms with Gasteiger partial charge in [-0.05, 0) is 27.7 Å². The molecule has 1 fully saturated rings. The maximum Gasteiger partial charge on any atom is 0.406 e. The van der Waals surface area contributed by atoms with Gasteiger partial charge in [0.25, 0.3) is 5.13 Å². The fraction of sp³-hybridized carbons (Fsp3) is 0.720. The fourth-order valence-electron chi connectivity index (χ4n) is 3.84. The molecule has 1 saturated heterocycles. The largest absolute Gasteiger partial charge is 0.476 e. The van der Waals surface area contributed by atoms with E-state index in [-0.39, 0.29) is 47.1 Å². The van der Waals surface area contributed by atoms with Gasteiger partial charge in [-0.1, -0.05) is 44.1 Å². The molecule has 3 rings (SSSR count). The molecule has 44 heavy (non-hydrogen) atoms. The second-order valence-corrected chi connectivity index (χ2v) is 14.6. The molecule has 2 aromatic rings. The molecule has 1 aliphatic heterocycles. The number of esters is 1.